The molecule has 0 bridgehead atoms. The van der Waals surface area contributed by atoms with E-state index in [1.807, 2.05) is 0 Å². The number of hydrogen-bond acceptors (Lipinski definition) is 7. The lowest BCUT2D eigenvalue weighted by Gasteiger charge is -2.23. The second-order valence-corrected chi connectivity index (χ2v) is 7.25. The molecule has 1 atom stereocenters. The van der Waals surface area contributed by atoms with Crippen molar-refractivity contribution in [2.24, 2.45) is 0 Å². The predicted molar refractivity (Wildman–Crippen MR) is 99.5 cm³/mol. The van der Waals surface area contributed by atoms with E-state index in [1.165, 1.54) is 25.7 Å². The highest BCUT2D eigenvalue weighted by Crippen LogP contribution is 2.40. The highest BCUT2D eigenvalue weighted by Gasteiger charge is 2.12. The highest BCUT2D eigenvalue weighted by molar-refractivity contribution is 7.46. The Kier molecular flexibility index (Phi) is 11.8. The topological polar surface area (TPSA) is 106 Å². The third-order valence-electron chi connectivity index (χ3n) is 3.55. The molecule has 1 amide bonds. The molecule has 0 aliphatic carbocycles. The van der Waals surface area contributed by atoms with Crippen LogP contribution in [0.15, 0.2) is 24.3 Å². The Hall–Kier alpha value is -1.60. The van der Waals surface area contributed by atoms with E-state index in [-0.39, 0.29) is 31.6 Å². The Morgan fingerprint density at radius 2 is 1.93 bits per heavy atom. The molecule has 0 saturated carbocycles. The third kappa shape index (κ3) is 11.7. The van der Waals surface area contributed by atoms with Crippen LogP contribution in [0.5, 0.6) is 11.5 Å². The van der Waals surface area contributed by atoms with Crippen LogP contribution in [0.2, 0.25) is 0 Å². The molecule has 0 aromatic heterocycles. The summed E-state index contributed by atoms with van der Waals surface area (Å²) in [7, 11) is -3.06. The number of ether oxygens (including phenoxy) is 2. The molecule has 0 radical (unpaired) electrons. The van der Waals surface area contributed by atoms with Gasteiger partial charge < -0.3 is 28.7 Å². The van der Waals surface area contributed by atoms with Gasteiger partial charge in [-0.1, -0.05) is 38.7 Å². The van der Waals surface area contributed by atoms with Crippen LogP contribution in [0.1, 0.15) is 45.4 Å². The fraction of sp³-hybridized carbons (Fsp3) is 0.611. The highest BCUT2D eigenvalue weighted by atomic mass is 31.2. The first-order valence-electron chi connectivity index (χ1n) is 9.10. The minimum absolute atomic E-state index is 0.0350. The average molecular weight is 402 g/mol. The summed E-state index contributed by atoms with van der Waals surface area (Å²) in [5.41, 5.74) is 0. The Balaban J connectivity index is 2.25. The van der Waals surface area contributed by atoms with Crippen molar-refractivity contribution in [3.63, 3.8) is 0 Å². The van der Waals surface area contributed by atoms with Gasteiger partial charge in [0.1, 0.15) is 11.5 Å². The summed E-state index contributed by atoms with van der Waals surface area (Å²) in [5.74, 6) is 0.360. The molecule has 8 nitrogen and oxygen atoms in total. The fourth-order valence-electron chi connectivity index (χ4n) is 2.23. The van der Waals surface area contributed by atoms with Gasteiger partial charge in [0, 0.05) is 26.1 Å². The lowest BCUT2D eigenvalue weighted by molar-refractivity contribution is -0.216. The van der Waals surface area contributed by atoms with Crippen molar-refractivity contribution in [2.45, 2.75) is 45.4 Å². The van der Waals surface area contributed by atoms with E-state index in [0.717, 1.165) is 25.7 Å². The van der Waals surface area contributed by atoms with Crippen molar-refractivity contribution < 1.29 is 32.8 Å². The van der Waals surface area contributed by atoms with Crippen LogP contribution in [0, 0.1) is 0 Å². The molecule has 1 aromatic carbocycles. The monoisotopic (exact) mass is 402 g/mol. The van der Waals surface area contributed by atoms with E-state index in [4.69, 9.17) is 18.5 Å². The minimum atomic E-state index is -4.54. The number of nitrogens with one attached hydrogen (secondary N) is 1. The van der Waals surface area contributed by atoms with Gasteiger partial charge in [-0.05, 0) is 18.6 Å². The zero-order valence-electron chi connectivity index (χ0n) is 16.0. The standard InChI is InChI=1S/C18H30NO7P/c1-3-4-5-6-7-11-18(20)19-12-13-25-27(21,22)26-17-10-8-9-16(14-17)24-15-23-2/h8-10,14H,3-7,11-13,15H2,1-2H3,(H,19,20)(H,21,22)/p-1. The van der Waals surface area contributed by atoms with E-state index >= 15 is 0 Å². The Morgan fingerprint density at radius 3 is 2.67 bits per heavy atom. The molecular formula is C18H29NO7P-. The number of rotatable bonds is 15. The second kappa shape index (κ2) is 13.6. The number of unbranched alkanes of at least 4 members (excludes halogenated alkanes) is 4. The molecule has 0 aliphatic heterocycles. The molecule has 27 heavy (non-hydrogen) atoms. The third-order valence-corrected chi connectivity index (χ3v) is 4.48. The van der Waals surface area contributed by atoms with Crippen molar-refractivity contribution >= 4 is 13.7 Å². The van der Waals surface area contributed by atoms with Gasteiger partial charge >= 0.3 is 7.82 Å². The van der Waals surface area contributed by atoms with Crippen LogP contribution in [0.25, 0.3) is 0 Å². The average Bonchev–Trinajstić information content (AvgIpc) is 2.63. The summed E-state index contributed by atoms with van der Waals surface area (Å²) >= 11 is 0. The van der Waals surface area contributed by atoms with Gasteiger partial charge in [-0.25, -0.2) is 0 Å². The van der Waals surface area contributed by atoms with E-state index in [1.54, 1.807) is 12.1 Å². The first kappa shape index (κ1) is 23.4. The molecule has 1 N–H and O–H groups in total. The van der Waals surface area contributed by atoms with Gasteiger partial charge in [0.15, 0.2) is 6.79 Å². The molecule has 0 spiro atoms. The molecular weight excluding hydrogens is 373 g/mol. The van der Waals surface area contributed by atoms with Crippen LogP contribution in [-0.4, -0.2) is 33.0 Å². The van der Waals surface area contributed by atoms with Crippen molar-refractivity contribution in [3.05, 3.63) is 24.3 Å². The van der Waals surface area contributed by atoms with Crippen LogP contribution >= 0.6 is 7.82 Å². The molecule has 0 heterocycles. The van der Waals surface area contributed by atoms with Gasteiger partial charge in [-0.2, -0.15) is 0 Å². The summed E-state index contributed by atoms with van der Waals surface area (Å²) < 4.78 is 31.5. The van der Waals surface area contributed by atoms with Gasteiger partial charge in [0.05, 0.1) is 6.61 Å². The smallest absolute Gasteiger partial charge is 0.319 e. The van der Waals surface area contributed by atoms with Gasteiger partial charge in [-0.3, -0.25) is 9.36 Å². The first-order valence-corrected chi connectivity index (χ1v) is 10.6. The lowest BCUT2D eigenvalue weighted by Crippen LogP contribution is -2.27. The second-order valence-electron chi connectivity index (χ2n) is 5.91. The number of hydrogen-bond donors (Lipinski definition) is 1. The van der Waals surface area contributed by atoms with Crippen LogP contribution in [-0.2, 0) is 18.6 Å². The zero-order chi connectivity index (χ0) is 20.0. The summed E-state index contributed by atoms with van der Waals surface area (Å²) in [6.07, 6.45) is 5.75. The first-order chi connectivity index (χ1) is 13.0. The molecule has 154 valence electrons. The minimum Gasteiger partial charge on any atom is -0.746 e. The summed E-state index contributed by atoms with van der Waals surface area (Å²) in [6.45, 7) is 2.08. The molecule has 9 heteroatoms. The summed E-state index contributed by atoms with van der Waals surface area (Å²) in [4.78, 5) is 23.5. The SMILES string of the molecule is CCCCCCCC(=O)NCCOP(=O)([O-])Oc1cccc(OCOC)c1. The Bertz CT molecular complexity index is 597. The quantitative estimate of drug-likeness (QED) is 0.273. The van der Waals surface area contributed by atoms with Crippen LogP contribution < -0.4 is 19.5 Å². The number of methoxy groups -OCH3 is 1. The Morgan fingerprint density at radius 1 is 1.19 bits per heavy atom. The zero-order valence-corrected chi connectivity index (χ0v) is 16.9. The van der Waals surface area contributed by atoms with Crippen molar-refractivity contribution in [3.8, 4) is 11.5 Å². The molecule has 1 rings (SSSR count). The number of phosphoric ester groups is 1. The normalized spacial score (nSPS) is 13.0. The maximum atomic E-state index is 11.8. The molecule has 0 fully saturated rings. The summed E-state index contributed by atoms with van der Waals surface area (Å²) in [5, 5.41) is 2.63. The maximum absolute atomic E-state index is 11.8. The van der Waals surface area contributed by atoms with E-state index in [0.29, 0.717) is 12.2 Å². The van der Waals surface area contributed by atoms with E-state index in [2.05, 4.69) is 12.2 Å². The number of phosphoric acid groups is 1. The fourth-order valence-corrected chi connectivity index (χ4v) is 2.97. The number of amides is 1. The van der Waals surface area contributed by atoms with Gasteiger partial charge in [0.25, 0.3) is 0 Å². The molecule has 1 unspecified atom stereocenters. The van der Waals surface area contributed by atoms with E-state index < -0.39 is 7.82 Å². The predicted octanol–water partition coefficient (Wildman–Crippen LogP) is 3.01. The van der Waals surface area contributed by atoms with Crippen molar-refractivity contribution in [1.82, 2.24) is 5.32 Å². The number of carbonyl (C=O) groups excluding carboxylic acids is 1. The maximum Gasteiger partial charge on any atom is 0.319 e. The van der Waals surface area contributed by atoms with Crippen LogP contribution in [0.3, 0.4) is 0 Å². The Labute approximate surface area is 160 Å². The summed E-state index contributed by atoms with van der Waals surface area (Å²) in [6, 6.07) is 6.10. The van der Waals surface area contributed by atoms with Crippen molar-refractivity contribution in [1.29, 1.82) is 0 Å². The van der Waals surface area contributed by atoms with Crippen molar-refractivity contribution in [2.75, 3.05) is 27.1 Å². The van der Waals surface area contributed by atoms with Gasteiger partial charge in [0.2, 0.25) is 5.91 Å². The van der Waals surface area contributed by atoms with Gasteiger partial charge in [-0.15, -0.1) is 0 Å². The number of benzene rings is 1. The molecule has 1 aromatic rings. The van der Waals surface area contributed by atoms with Crippen LogP contribution in [0.4, 0.5) is 0 Å². The molecule has 0 aliphatic rings. The largest absolute Gasteiger partial charge is 0.746 e. The molecule has 0 saturated heterocycles. The lowest BCUT2D eigenvalue weighted by atomic mass is 10.1. The van der Waals surface area contributed by atoms with E-state index in [9.17, 15) is 14.3 Å². The number of carbonyl (C=O) groups is 1.